The Morgan fingerprint density at radius 2 is 0.880 bits per heavy atom. The van der Waals surface area contributed by atoms with Crippen LogP contribution in [0.1, 0.15) is 54.4 Å². The first kappa shape index (κ1) is 47.3. The van der Waals surface area contributed by atoms with E-state index in [0.717, 1.165) is 0 Å². The van der Waals surface area contributed by atoms with Crippen molar-refractivity contribution in [2.45, 2.75) is 78.6 Å². The van der Waals surface area contributed by atoms with Gasteiger partial charge in [0.05, 0.1) is 51.7 Å². The van der Waals surface area contributed by atoms with E-state index >= 15 is 0 Å². The lowest BCUT2D eigenvalue weighted by molar-refractivity contribution is -0.121. The van der Waals surface area contributed by atoms with Crippen molar-refractivity contribution in [1.82, 2.24) is 31.9 Å². The fourth-order valence-electron chi connectivity index (χ4n) is 3.80. The summed E-state index contributed by atoms with van der Waals surface area (Å²) in [5.74, 6) is -1.20. The highest BCUT2D eigenvalue weighted by atomic mass is 31.2. The standard InChI is InChI=1S/C27H54N6O15P2/c1-19(30-21(3)34)7-11-43-15-25(32-23(5)36)17-47-49(39,40)45-13-9-28-27(38)29-10-14-46-50(41,42)48-18-26(33-24(6)37)16-44-12-8-20(2)31-22(4)35/h19-20,25-26H,7-18H2,1-6H3,(H,30,34)(H,31,35)(H,32,36)(H,33,37)(H,39,40)(H,41,42)(H2,28,29,38)/t19-,20-,25+,26+/m0/s1. The second-order valence-corrected chi connectivity index (χ2v) is 14.0. The Labute approximate surface area is 292 Å². The van der Waals surface area contributed by atoms with Crippen LogP contribution in [0.3, 0.4) is 0 Å². The third kappa shape index (κ3) is 29.1. The van der Waals surface area contributed by atoms with Crippen LogP contribution < -0.4 is 31.9 Å². The summed E-state index contributed by atoms with van der Waals surface area (Å²) in [5, 5.41) is 15.1. The molecular formula is C27H54N6O15P2. The largest absolute Gasteiger partial charge is 0.472 e. The lowest BCUT2D eigenvalue weighted by Gasteiger charge is -2.20. The van der Waals surface area contributed by atoms with Crippen molar-refractivity contribution in [3.63, 3.8) is 0 Å². The van der Waals surface area contributed by atoms with Gasteiger partial charge in [-0.1, -0.05) is 0 Å². The third-order valence-electron chi connectivity index (χ3n) is 5.90. The molecule has 0 fully saturated rings. The van der Waals surface area contributed by atoms with Gasteiger partial charge in [0, 0.05) is 66.1 Å². The van der Waals surface area contributed by atoms with E-state index in [1.54, 1.807) is 13.8 Å². The molecule has 0 saturated heterocycles. The highest BCUT2D eigenvalue weighted by molar-refractivity contribution is 7.47. The Kier molecular flexibility index (Phi) is 24.7. The molecule has 0 aromatic heterocycles. The average Bonchev–Trinajstić information content (AvgIpc) is 2.98. The maximum absolute atomic E-state index is 12.2. The van der Waals surface area contributed by atoms with Gasteiger partial charge in [0.25, 0.3) is 0 Å². The minimum absolute atomic E-state index is 0.0370. The van der Waals surface area contributed by atoms with Crippen molar-refractivity contribution < 1.29 is 70.5 Å². The zero-order valence-electron chi connectivity index (χ0n) is 29.4. The van der Waals surface area contributed by atoms with Gasteiger partial charge in [-0.25, -0.2) is 13.9 Å². The molecule has 0 aromatic carbocycles. The van der Waals surface area contributed by atoms with Gasteiger partial charge >= 0.3 is 21.7 Å². The van der Waals surface area contributed by atoms with Crippen LogP contribution in [-0.2, 0) is 55.9 Å². The van der Waals surface area contributed by atoms with E-state index in [1.807, 2.05) is 0 Å². The topological polar surface area (TPSA) is 288 Å². The van der Waals surface area contributed by atoms with Crippen LogP contribution in [0.2, 0.25) is 0 Å². The van der Waals surface area contributed by atoms with Crippen molar-refractivity contribution >= 4 is 45.3 Å². The first-order valence-corrected chi connectivity index (χ1v) is 18.8. The summed E-state index contributed by atoms with van der Waals surface area (Å²) in [5.41, 5.74) is 0. The molecule has 0 bridgehead atoms. The molecule has 8 N–H and O–H groups in total. The predicted octanol–water partition coefficient (Wildman–Crippen LogP) is -0.575. The van der Waals surface area contributed by atoms with E-state index in [2.05, 4.69) is 31.9 Å². The third-order valence-corrected chi connectivity index (χ3v) is 7.87. The molecule has 50 heavy (non-hydrogen) atoms. The number of rotatable bonds is 28. The predicted molar refractivity (Wildman–Crippen MR) is 177 cm³/mol. The fourth-order valence-corrected chi connectivity index (χ4v) is 5.33. The molecule has 2 unspecified atom stereocenters. The van der Waals surface area contributed by atoms with Crippen molar-refractivity contribution in [2.75, 3.05) is 65.9 Å². The number of carbonyl (C=O) groups excluding carboxylic acids is 5. The molecule has 292 valence electrons. The number of ether oxygens (including phenoxy) is 2. The van der Waals surface area contributed by atoms with E-state index in [9.17, 15) is 42.9 Å². The SMILES string of the molecule is CC(=O)N[C@H](COCC[C@H](C)NC(C)=O)COP(=O)(O)OCCNC(=O)NCCOP(=O)(O)OC[C@@H](COCC[C@H](C)NC(C)=O)NC(C)=O. The smallest absolute Gasteiger partial charge is 0.379 e. The van der Waals surface area contributed by atoms with Crippen LogP contribution in [0.5, 0.6) is 0 Å². The van der Waals surface area contributed by atoms with E-state index in [-0.39, 0.29) is 63.4 Å². The molecule has 0 aliphatic carbocycles. The second kappa shape index (κ2) is 26.1. The van der Waals surface area contributed by atoms with E-state index in [1.165, 1.54) is 27.7 Å². The van der Waals surface area contributed by atoms with Crippen LogP contribution >= 0.6 is 15.6 Å². The van der Waals surface area contributed by atoms with E-state index in [4.69, 9.17) is 27.6 Å². The molecule has 0 spiro atoms. The first-order valence-electron chi connectivity index (χ1n) is 15.8. The molecule has 6 amide bonds. The van der Waals surface area contributed by atoms with Gasteiger partial charge in [0.2, 0.25) is 23.6 Å². The van der Waals surface area contributed by atoms with Crippen LogP contribution in [-0.4, -0.2) is 130 Å². The van der Waals surface area contributed by atoms with Crippen molar-refractivity contribution in [3.8, 4) is 0 Å². The second-order valence-electron chi connectivity index (χ2n) is 11.1. The van der Waals surface area contributed by atoms with Crippen LogP contribution in [0.15, 0.2) is 0 Å². The van der Waals surface area contributed by atoms with Gasteiger partial charge in [-0.15, -0.1) is 0 Å². The summed E-state index contributed by atoms with van der Waals surface area (Å²) in [6.45, 7) is 7.21. The number of nitrogens with one attached hydrogen (secondary N) is 6. The number of hydrogen-bond donors (Lipinski definition) is 8. The average molecular weight is 765 g/mol. The number of urea groups is 1. The first-order chi connectivity index (χ1) is 23.3. The summed E-state index contributed by atoms with van der Waals surface area (Å²) in [4.78, 5) is 76.9. The molecule has 21 nitrogen and oxygen atoms in total. The normalized spacial score (nSPS) is 16.0. The minimum Gasteiger partial charge on any atom is -0.379 e. The van der Waals surface area contributed by atoms with Crippen molar-refractivity contribution in [2.24, 2.45) is 0 Å². The van der Waals surface area contributed by atoms with Gasteiger partial charge in [0.1, 0.15) is 0 Å². The number of hydrogen-bond acceptors (Lipinski definition) is 13. The molecule has 23 heteroatoms. The molecule has 0 heterocycles. The number of phosphoric acid groups is 2. The monoisotopic (exact) mass is 764 g/mol. The zero-order chi connectivity index (χ0) is 38.2. The molecule has 0 aliphatic heterocycles. The Balaban J connectivity index is 4.35. The molecule has 0 aliphatic rings. The summed E-state index contributed by atoms with van der Waals surface area (Å²) in [7, 11) is -9.14. The summed E-state index contributed by atoms with van der Waals surface area (Å²) in [6.07, 6.45) is 1.00. The Bertz CT molecular complexity index is 1070. The number of phosphoric ester groups is 2. The molecule has 0 saturated carbocycles. The van der Waals surface area contributed by atoms with Gasteiger partial charge in [0.15, 0.2) is 0 Å². The van der Waals surface area contributed by atoms with Gasteiger partial charge in [-0.2, -0.15) is 0 Å². The van der Waals surface area contributed by atoms with E-state index < -0.39 is 72.0 Å². The van der Waals surface area contributed by atoms with Gasteiger partial charge < -0.3 is 51.2 Å². The molecule has 0 aromatic rings. The Morgan fingerprint density at radius 1 is 0.540 bits per heavy atom. The molecule has 0 radical (unpaired) electrons. The number of amides is 6. The van der Waals surface area contributed by atoms with Crippen LogP contribution in [0, 0.1) is 0 Å². The highest BCUT2D eigenvalue weighted by Gasteiger charge is 2.25. The molecule has 6 atom stereocenters. The summed E-state index contributed by atoms with van der Waals surface area (Å²) in [6, 6.07) is -2.55. The number of carbonyl (C=O) groups is 5. The van der Waals surface area contributed by atoms with Gasteiger partial charge in [-0.05, 0) is 26.7 Å². The zero-order valence-corrected chi connectivity index (χ0v) is 31.2. The van der Waals surface area contributed by atoms with Crippen LogP contribution in [0.4, 0.5) is 4.79 Å². The maximum atomic E-state index is 12.2. The Hall–Kier alpha value is -2.71. The van der Waals surface area contributed by atoms with Crippen molar-refractivity contribution in [1.29, 1.82) is 0 Å². The fraction of sp³-hybridized carbons (Fsp3) is 0.815. The van der Waals surface area contributed by atoms with Crippen molar-refractivity contribution in [3.05, 3.63) is 0 Å². The summed E-state index contributed by atoms with van der Waals surface area (Å²) < 4.78 is 54.9. The van der Waals surface area contributed by atoms with Gasteiger partial charge in [-0.3, -0.25) is 37.3 Å². The van der Waals surface area contributed by atoms with E-state index in [0.29, 0.717) is 12.8 Å². The lowest BCUT2D eigenvalue weighted by atomic mass is 10.2. The molecular weight excluding hydrogens is 710 g/mol. The molecule has 0 rings (SSSR count). The lowest BCUT2D eigenvalue weighted by Crippen LogP contribution is -2.41. The quantitative estimate of drug-likeness (QED) is 0.0366. The Morgan fingerprint density at radius 3 is 1.20 bits per heavy atom. The summed E-state index contributed by atoms with van der Waals surface area (Å²) >= 11 is 0. The highest BCUT2D eigenvalue weighted by Crippen LogP contribution is 2.43. The maximum Gasteiger partial charge on any atom is 0.472 e. The van der Waals surface area contributed by atoms with Crippen LogP contribution in [0.25, 0.3) is 0 Å². The minimum atomic E-state index is -4.57.